The van der Waals surface area contributed by atoms with E-state index in [2.05, 4.69) is 35.1 Å². The number of carboxylic acid groups (broad SMARTS) is 1. The molecule has 0 spiro atoms. The van der Waals surface area contributed by atoms with Crippen molar-refractivity contribution in [2.45, 2.75) is 33.1 Å². The summed E-state index contributed by atoms with van der Waals surface area (Å²) in [5.41, 5.74) is 3.78. The van der Waals surface area contributed by atoms with Gasteiger partial charge >= 0.3 is 5.97 Å². The van der Waals surface area contributed by atoms with Crippen LogP contribution in [0, 0.1) is 0 Å². The lowest BCUT2D eigenvalue weighted by atomic mass is 10.1. The molecule has 1 aromatic carbocycles. The van der Waals surface area contributed by atoms with Crippen molar-refractivity contribution in [2.75, 3.05) is 5.32 Å². The Kier molecular flexibility index (Phi) is 6.23. The number of hydrogen-bond donors (Lipinski definition) is 2. The van der Waals surface area contributed by atoms with Crippen LogP contribution in [0.2, 0.25) is 0 Å². The topological polar surface area (TPSA) is 75.1 Å². The average Bonchev–Trinajstić information content (AvgIpc) is 3.08. The first-order valence-electron chi connectivity index (χ1n) is 8.72. The van der Waals surface area contributed by atoms with Crippen LogP contribution in [0.4, 0.5) is 11.5 Å². The molecule has 0 fully saturated rings. The molecular weight excluding hydrogens is 426 g/mol. The highest BCUT2D eigenvalue weighted by molar-refractivity contribution is 9.10. The minimum Gasteiger partial charge on any atom is -0.481 e. The first kappa shape index (κ1) is 19.5. The monoisotopic (exact) mass is 445 g/mol. The van der Waals surface area contributed by atoms with Crippen molar-refractivity contribution in [3.63, 3.8) is 0 Å². The van der Waals surface area contributed by atoms with E-state index in [0.29, 0.717) is 5.82 Å². The second kappa shape index (κ2) is 8.63. The van der Waals surface area contributed by atoms with E-state index in [1.165, 1.54) is 0 Å². The Morgan fingerprint density at radius 2 is 1.93 bits per heavy atom. The normalized spacial score (nSPS) is 10.8. The summed E-state index contributed by atoms with van der Waals surface area (Å²) in [6.07, 6.45) is 1.68. The minimum absolute atomic E-state index is 0.0192. The zero-order chi connectivity index (χ0) is 19.4. The number of thiophene rings is 1. The van der Waals surface area contributed by atoms with Gasteiger partial charge in [-0.3, -0.25) is 4.79 Å². The Morgan fingerprint density at radius 3 is 2.48 bits per heavy atom. The van der Waals surface area contributed by atoms with Crippen LogP contribution in [-0.4, -0.2) is 21.0 Å². The number of halogens is 1. The van der Waals surface area contributed by atoms with Crippen molar-refractivity contribution >= 4 is 44.7 Å². The number of carbonyl (C=O) groups is 1. The predicted molar refractivity (Wildman–Crippen MR) is 113 cm³/mol. The summed E-state index contributed by atoms with van der Waals surface area (Å²) in [6, 6.07) is 9.43. The van der Waals surface area contributed by atoms with E-state index in [1.807, 2.05) is 35.7 Å². The first-order chi connectivity index (χ1) is 13.0. The number of benzene rings is 1. The van der Waals surface area contributed by atoms with Crippen LogP contribution in [0.25, 0.3) is 10.7 Å². The smallest absolute Gasteiger partial charge is 0.307 e. The van der Waals surface area contributed by atoms with Crippen LogP contribution in [0.15, 0.2) is 40.2 Å². The summed E-state index contributed by atoms with van der Waals surface area (Å²) in [7, 11) is 0. The lowest BCUT2D eigenvalue weighted by molar-refractivity contribution is -0.136. The third-order valence-corrected chi connectivity index (χ3v) is 5.83. The molecule has 0 aliphatic carbocycles. The third kappa shape index (κ3) is 4.73. The molecule has 2 aromatic heterocycles. The molecule has 0 saturated carbocycles. The zero-order valence-corrected chi connectivity index (χ0v) is 17.5. The Labute approximate surface area is 170 Å². The molecule has 5 nitrogen and oxygen atoms in total. The van der Waals surface area contributed by atoms with Gasteiger partial charge in [0.25, 0.3) is 0 Å². The number of anilines is 2. The van der Waals surface area contributed by atoms with Crippen LogP contribution in [0.3, 0.4) is 0 Å². The highest BCUT2D eigenvalue weighted by Crippen LogP contribution is 2.31. The van der Waals surface area contributed by atoms with Crippen LogP contribution in [0.1, 0.15) is 30.7 Å². The molecule has 0 aliphatic rings. The second-order valence-corrected chi connectivity index (χ2v) is 7.88. The molecule has 140 valence electrons. The highest BCUT2D eigenvalue weighted by Gasteiger charge is 2.15. The highest BCUT2D eigenvalue weighted by atomic mass is 79.9. The summed E-state index contributed by atoms with van der Waals surface area (Å²) >= 11 is 5.09. The summed E-state index contributed by atoms with van der Waals surface area (Å²) in [5.74, 6) is 0.679. The SMILES string of the molecule is CCc1nc(-c2cc(Br)cs2)nc(Nc2ccc(CC(=O)O)cc2)c1CC. The molecule has 7 heteroatoms. The summed E-state index contributed by atoms with van der Waals surface area (Å²) in [4.78, 5) is 21.4. The number of nitrogens with one attached hydrogen (secondary N) is 1. The van der Waals surface area contributed by atoms with Crippen LogP contribution in [0.5, 0.6) is 0 Å². The average molecular weight is 446 g/mol. The fraction of sp³-hybridized carbons (Fsp3) is 0.250. The number of carboxylic acids is 1. The molecule has 0 atom stereocenters. The van der Waals surface area contributed by atoms with Crippen molar-refractivity contribution in [1.29, 1.82) is 0 Å². The first-order valence-corrected chi connectivity index (χ1v) is 10.4. The van der Waals surface area contributed by atoms with Crippen molar-refractivity contribution in [2.24, 2.45) is 0 Å². The summed E-state index contributed by atoms with van der Waals surface area (Å²) in [6.45, 7) is 4.19. The van der Waals surface area contributed by atoms with E-state index in [0.717, 1.165) is 50.5 Å². The molecule has 0 aliphatic heterocycles. The molecule has 2 heterocycles. The van der Waals surface area contributed by atoms with Crippen molar-refractivity contribution < 1.29 is 9.90 Å². The van der Waals surface area contributed by atoms with E-state index < -0.39 is 5.97 Å². The number of hydrogen-bond acceptors (Lipinski definition) is 5. The van der Waals surface area contributed by atoms with Gasteiger partial charge in [-0.25, -0.2) is 9.97 Å². The van der Waals surface area contributed by atoms with E-state index in [1.54, 1.807) is 11.3 Å². The molecule has 2 N–H and O–H groups in total. The van der Waals surface area contributed by atoms with Gasteiger partial charge in [-0.2, -0.15) is 0 Å². The van der Waals surface area contributed by atoms with E-state index >= 15 is 0 Å². The largest absolute Gasteiger partial charge is 0.481 e. The number of nitrogens with zero attached hydrogens (tertiary/aromatic N) is 2. The molecule has 0 amide bonds. The van der Waals surface area contributed by atoms with Crippen molar-refractivity contribution in [3.05, 3.63) is 57.0 Å². The Hall–Kier alpha value is -2.25. The maximum atomic E-state index is 10.8. The minimum atomic E-state index is -0.834. The number of aromatic nitrogens is 2. The summed E-state index contributed by atoms with van der Waals surface area (Å²) in [5, 5.41) is 14.3. The van der Waals surface area contributed by atoms with E-state index in [9.17, 15) is 4.79 Å². The maximum Gasteiger partial charge on any atom is 0.307 e. The van der Waals surface area contributed by atoms with Gasteiger partial charge in [0, 0.05) is 26.8 Å². The summed E-state index contributed by atoms with van der Waals surface area (Å²) < 4.78 is 1.02. The number of aryl methyl sites for hydroxylation is 1. The molecule has 3 rings (SSSR count). The fourth-order valence-corrected chi connectivity index (χ4v) is 4.22. The lowest BCUT2D eigenvalue weighted by Crippen LogP contribution is -2.07. The van der Waals surface area contributed by atoms with Gasteiger partial charge in [0.05, 0.1) is 11.3 Å². The fourth-order valence-electron chi connectivity index (χ4n) is 2.86. The van der Waals surface area contributed by atoms with E-state index in [4.69, 9.17) is 15.1 Å². The Balaban J connectivity index is 1.96. The molecule has 3 aromatic rings. The van der Waals surface area contributed by atoms with Gasteiger partial charge in [0.2, 0.25) is 0 Å². The lowest BCUT2D eigenvalue weighted by Gasteiger charge is -2.15. The van der Waals surface area contributed by atoms with Gasteiger partial charge in [-0.15, -0.1) is 11.3 Å². The molecule has 0 bridgehead atoms. The van der Waals surface area contributed by atoms with E-state index in [-0.39, 0.29) is 6.42 Å². The molecule has 0 unspecified atom stereocenters. The Bertz CT molecular complexity index is 954. The maximum absolute atomic E-state index is 10.8. The number of aliphatic carboxylic acids is 1. The van der Waals surface area contributed by atoms with Gasteiger partial charge in [-0.1, -0.05) is 26.0 Å². The van der Waals surface area contributed by atoms with Crippen LogP contribution < -0.4 is 5.32 Å². The number of rotatable bonds is 7. The van der Waals surface area contributed by atoms with Gasteiger partial charge in [0.1, 0.15) is 5.82 Å². The molecular formula is C20H20BrN3O2S. The molecule has 0 radical (unpaired) electrons. The van der Waals surface area contributed by atoms with Gasteiger partial charge < -0.3 is 10.4 Å². The Morgan fingerprint density at radius 1 is 1.19 bits per heavy atom. The molecule has 0 saturated heterocycles. The molecule has 27 heavy (non-hydrogen) atoms. The van der Waals surface area contributed by atoms with Crippen LogP contribution >= 0.6 is 27.3 Å². The van der Waals surface area contributed by atoms with Gasteiger partial charge in [0.15, 0.2) is 5.82 Å². The predicted octanol–water partition coefficient (Wildman–Crippen LogP) is 5.46. The van der Waals surface area contributed by atoms with Crippen molar-refractivity contribution in [3.8, 4) is 10.7 Å². The van der Waals surface area contributed by atoms with Crippen LogP contribution in [-0.2, 0) is 24.1 Å². The quantitative estimate of drug-likeness (QED) is 0.504. The third-order valence-electron chi connectivity index (χ3n) is 4.14. The van der Waals surface area contributed by atoms with Gasteiger partial charge in [-0.05, 0) is 52.5 Å². The standard InChI is InChI=1S/C20H20BrN3O2S/c1-3-15-16(4-2)23-20(17-10-13(21)11-27-17)24-19(15)22-14-7-5-12(6-8-14)9-18(25)26/h5-8,10-11H,3-4,9H2,1-2H3,(H,25,26)(H,22,23,24). The second-order valence-electron chi connectivity index (χ2n) is 6.05. The van der Waals surface area contributed by atoms with Crippen molar-refractivity contribution in [1.82, 2.24) is 9.97 Å². The zero-order valence-electron chi connectivity index (χ0n) is 15.1.